The Morgan fingerprint density at radius 2 is 1.78 bits per heavy atom. The molecule has 1 atom stereocenters. The second-order valence-corrected chi connectivity index (χ2v) is 5.61. The average Bonchev–Trinajstić information content (AvgIpc) is 3.01. The van der Waals surface area contributed by atoms with Gasteiger partial charge in [-0.05, 0) is 33.5 Å². The van der Waals surface area contributed by atoms with Crippen molar-refractivity contribution in [2.24, 2.45) is 0 Å². The summed E-state index contributed by atoms with van der Waals surface area (Å²) in [4.78, 5) is 0. The SMILES string of the molecule is c1ccc2c(c1)CNC2c1csc2ccccc12. The lowest BCUT2D eigenvalue weighted by Gasteiger charge is -2.11. The number of benzene rings is 2. The van der Waals surface area contributed by atoms with Crippen LogP contribution in [0.2, 0.25) is 0 Å². The fourth-order valence-corrected chi connectivity index (χ4v) is 3.79. The maximum absolute atomic E-state index is 3.62. The smallest absolute Gasteiger partial charge is 0.0596 e. The number of nitrogens with one attached hydrogen (secondary N) is 1. The Morgan fingerprint density at radius 1 is 0.944 bits per heavy atom. The Bertz CT molecular complexity index is 714. The van der Waals surface area contributed by atoms with Crippen molar-refractivity contribution in [3.05, 3.63) is 70.6 Å². The van der Waals surface area contributed by atoms with Gasteiger partial charge in [-0.2, -0.15) is 0 Å². The van der Waals surface area contributed by atoms with E-state index in [1.54, 1.807) is 0 Å². The van der Waals surface area contributed by atoms with Crippen LogP contribution in [-0.2, 0) is 6.54 Å². The molecule has 1 aliphatic rings. The molecule has 3 aromatic rings. The largest absolute Gasteiger partial charge is 0.302 e. The Kier molecular flexibility index (Phi) is 2.25. The van der Waals surface area contributed by atoms with E-state index in [2.05, 4.69) is 59.2 Å². The highest BCUT2D eigenvalue weighted by atomic mass is 32.1. The van der Waals surface area contributed by atoms with E-state index in [-0.39, 0.29) is 0 Å². The van der Waals surface area contributed by atoms with Gasteiger partial charge in [0, 0.05) is 11.2 Å². The summed E-state index contributed by atoms with van der Waals surface area (Å²) < 4.78 is 1.37. The predicted molar refractivity (Wildman–Crippen MR) is 76.9 cm³/mol. The molecule has 0 bridgehead atoms. The summed E-state index contributed by atoms with van der Waals surface area (Å²) >= 11 is 1.84. The zero-order chi connectivity index (χ0) is 11.9. The van der Waals surface area contributed by atoms with Crippen LogP contribution in [0.1, 0.15) is 22.7 Å². The first-order valence-corrected chi connectivity index (χ1v) is 7.09. The van der Waals surface area contributed by atoms with Crippen LogP contribution in [0.25, 0.3) is 10.1 Å². The number of hydrogen-bond donors (Lipinski definition) is 1. The van der Waals surface area contributed by atoms with Gasteiger partial charge in [-0.3, -0.25) is 0 Å². The van der Waals surface area contributed by atoms with Crippen LogP contribution in [0.5, 0.6) is 0 Å². The van der Waals surface area contributed by atoms with Crippen molar-refractivity contribution in [1.29, 1.82) is 0 Å². The van der Waals surface area contributed by atoms with E-state index in [0.717, 1.165) is 6.54 Å². The molecule has 18 heavy (non-hydrogen) atoms. The highest BCUT2D eigenvalue weighted by Gasteiger charge is 2.24. The molecule has 0 saturated heterocycles. The summed E-state index contributed by atoms with van der Waals surface area (Å²) in [5.41, 5.74) is 4.28. The standard InChI is InChI=1S/C16H13NS/c1-2-6-12-11(5-1)9-17-16(12)14-10-18-15-8-4-3-7-13(14)15/h1-8,10,16-17H,9H2. The van der Waals surface area contributed by atoms with Crippen LogP contribution in [0.3, 0.4) is 0 Å². The molecular formula is C16H13NS. The summed E-state index contributed by atoms with van der Waals surface area (Å²) in [5.74, 6) is 0. The van der Waals surface area contributed by atoms with Gasteiger partial charge in [-0.15, -0.1) is 11.3 Å². The van der Waals surface area contributed by atoms with E-state index in [4.69, 9.17) is 0 Å². The molecule has 88 valence electrons. The van der Waals surface area contributed by atoms with Crippen LogP contribution in [-0.4, -0.2) is 0 Å². The second kappa shape index (κ2) is 3.94. The molecule has 0 amide bonds. The molecule has 0 aliphatic carbocycles. The van der Waals surface area contributed by atoms with Gasteiger partial charge in [0.2, 0.25) is 0 Å². The Hall–Kier alpha value is -1.64. The lowest BCUT2D eigenvalue weighted by molar-refractivity contribution is 0.673. The summed E-state index contributed by atoms with van der Waals surface area (Å²) in [6, 6.07) is 17.7. The first kappa shape index (κ1) is 10.3. The zero-order valence-electron chi connectivity index (χ0n) is 9.89. The van der Waals surface area contributed by atoms with Crippen molar-refractivity contribution in [3.63, 3.8) is 0 Å². The molecule has 1 N–H and O–H groups in total. The summed E-state index contributed by atoms with van der Waals surface area (Å²) in [6.07, 6.45) is 0. The number of hydrogen-bond acceptors (Lipinski definition) is 2. The van der Waals surface area contributed by atoms with Gasteiger partial charge in [0.05, 0.1) is 6.04 Å². The van der Waals surface area contributed by atoms with Gasteiger partial charge in [0.15, 0.2) is 0 Å². The quantitative estimate of drug-likeness (QED) is 0.686. The van der Waals surface area contributed by atoms with E-state index >= 15 is 0 Å². The summed E-state index contributed by atoms with van der Waals surface area (Å²) in [6.45, 7) is 0.977. The molecule has 0 saturated carbocycles. The molecule has 0 radical (unpaired) electrons. The third-order valence-corrected chi connectivity index (χ3v) is 4.67. The van der Waals surface area contributed by atoms with Crippen molar-refractivity contribution < 1.29 is 0 Å². The Morgan fingerprint density at radius 3 is 2.78 bits per heavy atom. The van der Waals surface area contributed by atoms with Crippen molar-refractivity contribution in [1.82, 2.24) is 5.32 Å². The first-order chi connectivity index (χ1) is 8.93. The van der Waals surface area contributed by atoms with Gasteiger partial charge < -0.3 is 5.32 Å². The average molecular weight is 251 g/mol. The van der Waals surface area contributed by atoms with Crippen molar-refractivity contribution >= 4 is 21.4 Å². The molecule has 4 rings (SSSR count). The number of thiophene rings is 1. The summed E-state index contributed by atoms with van der Waals surface area (Å²) in [5, 5.41) is 7.31. The van der Waals surface area contributed by atoms with E-state index in [9.17, 15) is 0 Å². The van der Waals surface area contributed by atoms with Crippen LogP contribution in [0.15, 0.2) is 53.9 Å². The van der Waals surface area contributed by atoms with Gasteiger partial charge in [0.25, 0.3) is 0 Å². The Labute approximate surface area is 110 Å². The molecular weight excluding hydrogens is 238 g/mol. The summed E-state index contributed by atoms with van der Waals surface area (Å²) in [7, 11) is 0. The maximum atomic E-state index is 3.62. The fraction of sp³-hybridized carbons (Fsp3) is 0.125. The number of rotatable bonds is 1. The maximum Gasteiger partial charge on any atom is 0.0596 e. The van der Waals surface area contributed by atoms with E-state index in [1.807, 2.05) is 11.3 Å². The van der Waals surface area contributed by atoms with Crippen molar-refractivity contribution in [3.8, 4) is 0 Å². The monoisotopic (exact) mass is 251 g/mol. The van der Waals surface area contributed by atoms with Crippen molar-refractivity contribution in [2.45, 2.75) is 12.6 Å². The lowest BCUT2D eigenvalue weighted by Crippen LogP contribution is -2.12. The second-order valence-electron chi connectivity index (χ2n) is 4.70. The molecule has 2 heteroatoms. The minimum Gasteiger partial charge on any atom is -0.302 e. The molecule has 1 unspecified atom stereocenters. The molecule has 0 fully saturated rings. The topological polar surface area (TPSA) is 12.0 Å². The molecule has 2 heterocycles. The predicted octanol–water partition coefficient (Wildman–Crippen LogP) is 4.09. The van der Waals surface area contributed by atoms with Gasteiger partial charge in [-0.1, -0.05) is 42.5 Å². The van der Waals surface area contributed by atoms with Crippen LogP contribution < -0.4 is 5.32 Å². The highest BCUT2D eigenvalue weighted by molar-refractivity contribution is 7.17. The molecule has 1 aliphatic heterocycles. The van der Waals surface area contributed by atoms with E-state index < -0.39 is 0 Å². The van der Waals surface area contributed by atoms with Crippen LogP contribution in [0, 0.1) is 0 Å². The lowest BCUT2D eigenvalue weighted by atomic mass is 9.98. The third kappa shape index (κ3) is 1.43. The van der Waals surface area contributed by atoms with Gasteiger partial charge in [0.1, 0.15) is 0 Å². The van der Waals surface area contributed by atoms with Crippen LogP contribution >= 0.6 is 11.3 Å². The van der Waals surface area contributed by atoms with E-state index in [0.29, 0.717) is 6.04 Å². The van der Waals surface area contributed by atoms with Crippen LogP contribution in [0.4, 0.5) is 0 Å². The fourth-order valence-electron chi connectivity index (χ4n) is 2.80. The minimum absolute atomic E-state index is 0.359. The van der Waals surface area contributed by atoms with Gasteiger partial charge in [-0.25, -0.2) is 0 Å². The first-order valence-electron chi connectivity index (χ1n) is 6.21. The van der Waals surface area contributed by atoms with Gasteiger partial charge >= 0.3 is 0 Å². The molecule has 2 aromatic carbocycles. The van der Waals surface area contributed by atoms with E-state index in [1.165, 1.54) is 26.8 Å². The Balaban J connectivity index is 1.90. The van der Waals surface area contributed by atoms with Crippen molar-refractivity contribution in [2.75, 3.05) is 0 Å². The minimum atomic E-state index is 0.359. The molecule has 1 aromatic heterocycles. The number of fused-ring (bicyclic) bond motifs is 2. The highest BCUT2D eigenvalue weighted by Crippen LogP contribution is 2.37. The molecule has 0 spiro atoms. The normalized spacial score (nSPS) is 18.1. The molecule has 1 nitrogen and oxygen atoms in total. The third-order valence-electron chi connectivity index (χ3n) is 3.68. The zero-order valence-corrected chi connectivity index (χ0v) is 10.7.